The molecule has 2 aliphatic heterocycles. The van der Waals surface area contributed by atoms with Crippen LogP contribution >= 0.6 is 11.8 Å². The zero-order valence-corrected chi connectivity index (χ0v) is 11.9. The number of carbonyl (C=O) groups excluding carboxylic acids is 3. The summed E-state index contributed by atoms with van der Waals surface area (Å²) in [5.74, 6) is -1.17. The van der Waals surface area contributed by atoms with Gasteiger partial charge in [-0.3, -0.25) is 14.4 Å². The molecule has 0 spiro atoms. The van der Waals surface area contributed by atoms with Crippen LogP contribution in [0.5, 0.6) is 0 Å². The molecule has 0 aromatic rings. The quantitative estimate of drug-likeness (QED) is 0.781. The van der Waals surface area contributed by atoms with Crippen LogP contribution in [-0.2, 0) is 23.9 Å². The highest BCUT2D eigenvalue weighted by molar-refractivity contribution is 8.01. The van der Waals surface area contributed by atoms with Gasteiger partial charge < -0.3 is 14.8 Å². The number of thioether (sulfide) groups is 1. The number of Topliss-reactive ketones (excluding diaryl/α,β-unsaturated/α-hetero) is 2. The van der Waals surface area contributed by atoms with Gasteiger partial charge in [0.2, 0.25) is 5.91 Å². The summed E-state index contributed by atoms with van der Waals surface area (Å²) in [6.45, 7) is 2.87. The largest absolute Gasteiger partial charge is 0.355 e. The molecule has 19 heavy (non-hydrogen) atoms. The first-order valence-electron chi connectivity index (χ1n) is 6.06. The minimum atomic E-state index is -0.727. The Bertz CT molecular complexity index is 413. The molecule has 7 heteroatoms. The topological polar surface area (TPSA) is 81.7 Å². The molecule has 2 fully saturated rings. The van der Waals surface area contributed by atoms with Crippen LogP contribution < -0.4 is 5.32 Å². The second-order valence-electron chi connectivity index (χ2n) is 4.78. The van der Waals surface area contributed by atoms with Gasteiger partial charge in [0.1, 0.15) is 23.0 Å². The second kappa shape index (κ2) is 5.60. The van der Waals surface area contributed by atoms with Crippen molar-refractivity contribution in [2.45, 2.75) is 31.6 Å². The van der Waals surface area contributed by atoms with Crippen molar-refractivity contribution in [1.29, 1.82) is 0 Å². The summed E-state index contributed by atoms with van der Waals surface area (Å²) in [6, 6.07) is 0. The van der Waals surface area contributed by atoms with Crippen LogP contribution in [-0.4, -0.2) is 48.1 Å². The van der Waals surface area contributed by atoms with E-state index in [0.29, 0.717) is 5.75 Å². The molecular weight excluding hydrogens is 270 g/mol. The molecule has 2 aliphatic rings. The molecule has 2 saturated heterocycles. The Morgan fingerprint density at radius 2 is 1.95 bits per heavy atom. The van der Waals surface area contributed by atoms with Crippen molar-refractivity contribution in [3.63, 3.8) is 0 Å². The van der Waals surface area contributed by atoms with E-state index in [1.54, 1.807) is 0 Å². The van der Waals surface area contributed by atoms with E-state index in [4.69, 9.17) is 9.47 Å². The number of nitrogens with one attached hydrogen (secondary N) is 1. The lowest BCUT2D eigenvalue weighted by atomic mass is 9.84. The van der Waals surface area contributed by atoms with Gasteiger partial charge in [-0.25, -0.2) is 0 Å². The van der Waals surface area contributed by atoms with Gasteiger partial charge in [-0.2, -0.15) is 0 Å². The van der Waals surface area contributed by atoms with Gasteiger partial charge in [0.05, 0.1) is 17.6 Å². The Balaban J connectivity index is 2.25. The van der Waals surface area contributed by atoms with Gasteiger partial charge in [-0.05, 0) is 13.8 Å². The fraction of sp³-hybridized carbons (Fsp3) is 0.750. The standard InChI is InChI=1S/C12H17NO5S/c1-5(14)8-9(6(2)15)12(17-3)18-10(8)11-13-7(16)4-19-11/h8-12H,4H2,1-3H3,(H,13,16)/t8-,9+,10+,11?,12+/m0/s1. The van der Waals surface area contributed by atoms with Crippen LogP contribution in [0.2, 0.25) is 0 Å². The summed E-state index contributed by atoms with van der Waals surface area (Å²) in [5, 5.41) is 2.46. The lowest BCUT2D eigenvalue weighted by Gasteiger charge is -2.22. The van der Waals surface area contributed by atoms with E-state index in [1.807, 2.05) is 0 Å². The first-order valence-corrected chi connectivity index (χ1v) is 7.10. The molecule has 106 valence electrons. The van der Waals surface area contributed by atoms with Crippen LogP contribution in [0.15, 0.2) is 0 Å². The second-order valence-corrected chi connectivity index (χ2v) is 5.91. The third-order valence-electron chi connectivity index (χ3n) is 3.49. The monoisotopic (exact) mass is 287 g/mol. The third-order valence-corrected chi connectivity index (χ3v) is 4.67. The summed E-state index contributed by atoms with van der Waals surface area (Å²) < 4.78 is 10.9. The summed E-state index contributed by atoms with van der Waals surface area (Å²) in [7, 11) is 1.44. The Morgan fingerprint density at radius 3 is 2.37 bits per heavy atom. The van der Waals surface area contributed by atoms with E-state index in [1.165, 1.54) is 32.7 Å². The number of carbonyl (C=O) groups is 3. The fourth-order valence-corrected chi connectivity index (χ4v) is 3.72. The number of rotatable bonds is 4. The van der Waals surface area contributed by atoms with Gasteiger partial charge in [0, 0.05) is 7.11 Å². The average molecular weight is 287 g/mol. The highest BCUT2D eigenvalue weighted by atomic mass is 32.2. The maximum atomic E-state index is 11.9. The average Bonchev–Trinajstić information content (AvgIpc) is 2.91. The number of amides is 1. The molecule has 0 aliphatic carbocycles. The molecule has 2 heterocycles. The minimum Gasteiger partial charge on any atom is -0.355 e. The number of hydrogen-bond donors (Lipinski definition) is 1. The van der Waals surface area contributed by atoms with Crippen molar-refractivity contribution < 1.29 is 23.9 Å². The number of hydrogen-bond acceptors (Lipinski definition) is 6. The maximum absolute atomic E-state index is 11.9. The van der Waals surface area contributed by atoms with E-state index in [2.05, 4.69) is 5.32 Å². The summed E-state index contributed by atoms with van der Waals surface area (Å²) >= 11 is 1.39. The minimum absolute atomic E-state index is 0.0823. The van der Waals surface area contributed by atoms with Crippen LogP contribution in [0, 0.1) is 11.8 Å². The molecule has 0 aromatic carbocycles. The first-order chi connectivity index (χ1) is 8.95. The molecule has 1 unspecified atom stereocenters. The highest BCUT2D eigenvalue weighted by Crippen LogP contribution is 2.39. The lowest BCUT2D eigenvalue weighted by Crippen LogP contribution is -2.42. The van der Waals surface area contributed by atoms with Crippen molar-refractivity contribution in [1.82, 2.24) is 5.32 Å². The van der Waals surface area contributed by atoms with Gasteiger partial charge in [0.25, 0.3) is 0 Å². The Morgan fingerprint density at radius 1 is 1.32 bits per heavy atom. The summed E-state index contributed by atoms with van der Waals surface area (Å²) in [6.07, 6.45) is -1.25. The lowest BCUT2D eigenvalue weighted by molar-refractivity contribution is -0.148. The Labute approximate surface area is 115 Å². The normalized spacial score (nSPS) is 38.3. The van der Waals surface area contributed by atoms with Gasteiger partial charge in [-0.1, -0.05) is 0 Å². The van der Waals surface area contributed by atoms with Gasteiger partial charge >= 0.3 is 0 Å². The predicted octanol–water partition coefficient (Wildman–Crippen LogP) is -0.0428. The van der Waals surface area contributed by atoms with Crippen LogP contribution in [0.1, 0.15) is 13.8 Å². The van der Waals surface area contributed by atoms with Crippen LogP contribution in [0.25, 0.3) is 0 Å². The zero-order chi connectivity index (χ0) is 14.2. The molecule has 1 N–H and O–H groups in total. The molecule has 5 atom stereocenters. The van der Waals surface area contributed by atoms with E-state index in [-0.39, 0.29) is 22.8 Å². The molecule has 0 saturated carbocycles. The molecule has 6 nitrogen and oxygen atoms in total. The van der Waals surface area contributed by atoms with E-state index in [9.17, 15) is 14.4 Å². The molecule has 0 aromatic heterocycles. The molecular formula is C12H17NO5S. The Hall–Kier alpha value is -0.920. The van der Waals surface area contributed by atoms with Crippen molar-refractivity contribution >= 4 is 29.2 Å². The highest BCUT2D eigenvalue weighted by Gasteiger charge is 2.53. The van der Waals surface area contributed by atoms with E-state index in [0.717, 1.165) is 0 Å². The van der Waals surface area contributed by atoms with Crippen molar-refractivity contribution in [2.24, 2.45) is 11.8 Å². The smallest absolute Gasteiger partial charge is 0.231 e. The van der Waals surface area contributed by atoms with Crippen LogP contribution in [0.4, 0.5) is 0 Å². The summed E-state index contributed by atoms with van der Waals surface area (Å²) in [5.41, 5.74) is 0. The SMILES string of the molecule is CO[C@@H]1O[C@@H](C2NC(=O)CS2)[C@@H](C(C)=O)[C@H]1C(C)=O. The van der Waals surface area contributed by atoms with Crippen molar-refractivity contribution in [3.8, 4) is 0 Å². The number of methoxy groups -OCH3 is 1. The number of ether oxygens (including phenoxy) is 2. The van der Waals surface area contributed by atoms with Crippen molar-refractivity contribution in [3.05, 3.63) is 0 Å². The molecule has 1 amide bonds. The maximum Gasteiger partial charge on any atom is 0.231 e. The number of ketones is 2. The fourth-order valence-electron chi connectivity index (χ4n) is 2.67. The molecule has 2 rings (SSSR count). The van der Waals surface area contributed by atoms with E-state index >= 15 is 0 Å². The van der Waals surface area contributed by atoms with Gasteiger partial charge in [-0.15, -0.1) is 11.8 Å². The first kappa shape index (κ1) is 14.5. The summed E-state index contributed by atoms with van der Waals surface area (Å²) in [4.78, 5) is 34.9. The zero-order valence-electron chi connectivity index (χ0n) is 11.0. The molecule has 0 radical (unpaired) electrons. The van der Waals surface area contributed by atoms with Gasteiger partial charge in [0.15, 0.2) is 6.29 Å². The third kappa shape index (κ3) is 2.68. The van der Waals surface area contributed by atoms with E-state index < -0.39 is 24.2 Å². The Kier molecular flexibility index (Phi) is 4.27. The van der Waals surface area contributed by atoms with Crippen LogP contribution in [0.3, 0.4) is 0 Å². The van der Waals surface area contributed by atoms with Crippen molar-refractivity contribution in [2.75, 3.05) is 12.9 Å². The predicted molar refractivity (Wildman–Crippen MR) is 68.4 cm³/mol. The molecule has 0 bridgehead atoms.